The molecule has 0 amide bonds. The van der Waals surface area contributed by atoms with Crippen molar-refractivity contribution >= 4 is 18.0 Å². The van der Waals surface area contributed by atoms with Gasteiger partial charge in [-0.05, 0) is 109 Å². The quantitative estimate of drug-likeness (QED) is 0.0729. The zero-order chi connectivity index (χ0) is 60.1. The highest BCUT2D eigenvalue weighted by Gasteiger charge is 2.81. The summed E-state index contributed by atoms with van der Waals surface area (Å²) in [5, 5.41) is 61.9. The molecule has 1 aromatic carbocycles. The summed E-state index contributed by atoms with van der Waals surface area (Å²) in [4.78, 5) is 31.4. The molecule has 0 bridgehead atoms. The largest absolute Gasteiger partial charge is 0.458 e. The summed E-state index contributed by atoms with van der Waals surface area (Å²) in [5.41, 5.74) is -6.24. The lowest BCUT2D eigenvalue weighted by atomic mass is 9.42. The van der Waals surface area contributed by atoms with Crippen LogP contribution < -0.4 is 0 Å². The minimum Gasteiger partial charge on any atom is -0.458 e. The fourth-order valence-electron chi connectivity index (χ4n) is 15.7. The maximum Gasteiger partial charge on any atom is 0.340 e. The number of fused-ring (bicyclic) bond motifs is 5. The third-order valence-electron chi connectivity index (χ3n) is 20.6. The van der Waals surface area contributed by atoms with E-state index in [1.165, 1.54) is 18.5 Å². The van der Waals surface area contributed by atoms with E-state index in [0.29, 0.717) is 38.5 Å². The van der Waals surface area contributed by atoms with Crippen LogP contribution in [-0.4, -0.2) is 197 Å². The summed E-state index contributed by atoms with van der Waals surface area (Å²) < 4.78 is 81.1. The van der Waals surface area contributed by atoms with Crippen LogP contribution in [0.4, 0.5) is 0 Å². The number of benzene rings is 1. The van der Waals surface area contributed by atoms with Crippen molar-refractivity contribution < 1.29 is 96.7 Å². The smallest absolute Gasteiger partial charge is 0.340 e. The number of hydrogen-bond acceptors (Lipinski definition) is 21. The normalized spacial score (nSPS) is 45.4. The Balaban J connectivity index is 0.767. The fourth-order valence-corrected chi connectivity index (χ4v) is 15.7. The van der Waals surface area contributed by atoms with E-state index in [0.717, 1.165) is 11.1 Å². The number of carbonyl (C=O) groups excluding carboxylic acids is 2. The minimum absolute atomic E-state index is 0.0425. The average Bonchev–Trinajstić information content (AvgIpc) is 1.45. The van der Waals surface area contributed by atoms with Crippen molar-refractivity contribution in [3.05, 3.63) is 83.7 Å². The molecule has 8 aliphatic rings. The molecular formula is C63H89NO20. The molecule has 25 atom stereocenters. The molecule has 2 aromatic rings. The van der Waals surface area contributed by atoms with E-state index in [9.17, 15) is 35.1 Å². The first-order chi connectivity index (χ1) is 40.0. The molecule has 1 aromatic heterocycles. The van der Waals surface area contributed by atoms with Crippen molar-refractivity contribution in [2.75, 3.05) is 21.3 Å². The molecule has 21 nitrogen and oxygen atoms in total. The highest BCUT2D eigenvalue weighted by atomic mass is 16.8. The Bertz CT molecular complexity index is 2620. The summed E-state index contributed by atoms with van der Waals surface area (Å²) in [5.74, 6) is -2.05. The lowest BCUT2D eigenvalue weighted by molar-refractivity contribution is -0.346. The Morgan fingerprint density at radius 2 is 1.29 bits per heavy atom. The van der Waals surface area contributed by atoms with Crippen molar-refractivity contribution in [2.45, 2.75) is 253 Å². The standard InChI is InChI=1S/C63H89NO20/c1-34-54(67)44(72-8)29-51(75-34)83-56-37(4)78-53(31-46(56)74-10)84-57-36(3)77-52(30-45(57)73-9)82-55-35(2)76-50(28-43(55)65)80-42-21-22-59(6)41(27-42)20-23-62(70)47(59)32-48(81-49(66)19-18-39-15-12-11-13-16-39)60(7)61(69,24-25-63(60,62)71)38(5)79-58(68)40-17-14-26-64-33-40/h11-20,26,33-38,42-48,50-57,65,67,69-71H,21-25,27-32H2,1-10H3/b19-18+/t34-,35+,36-,37+,38-,42-,43-,44+,45-,46-,47+,48+,50-,51-,52-,53-,54-,55+,56+,57+,59-,60+,61+,62-,63+/m0/s1. The predicted octanol–water partition coefficient (Wildman–Crippen LogP) is 5.63. The average molecular weight is 1180 g/mol. The molecule has 0 radical (unpaired) electrons. The molecule has 84 heavy (non-hydrogen) atoms. The van der Waals surface area contributed by atoms with Gasteiger partial charge in [0, 0.05) is 71.4 Å². The van der Waals surface area contributed by atoms with E-state index in [-0.39, 0.29) is 43.8 Å². The van der Waals surface area contributed by atoms with E-state index in [1.807, 2.05) is 57.2 Å². The number of ether oxygens (including phenoxy) is 13. The van der Waals surface area contributed by atoms with Gasteiger partial charge in [0.15, 0.2) is 25.2 Å². The Morgan fingerprint density at radius 1 is 0.702 bits per heavy atom. The van der Waals surface area contributed by atoms with Gasteiger partial charge in [0.2, 0.25) is 0 Å². The highest BCUT2D eigenvalue weighted by Crippen LogP contribution is 2.71. The molecule has 3 saturated carbocycles. The number of carbonyl (C=O) groups is 2. The summed E-state index contributed by atoms with van der Waals surface area (Å²) in [6, 6.07) is 12.4. The topological polar surface area (TPSA) is 268 Å². The minimum atomic E-state index is -2.02. The van der Waals surface area contributed by atoms with Crippen LogP contribution in [0.1, 0.15) is 135 Å². The summed E-state index contributed by atoms with van der Waals surface area (Å²) in [6.07, 6.45) is -1.76. The van der Waals surface area contributed by atoms with Gasteiger partial charge in [0.25, 0.3) is 0 Å². The maximum atomic E-state index is 13.9. The molecule has 21 heteroatoms. The van der Waals surface area contributed by atoms with Crippen LogP contribution in [-0.2, 0) is 66.4 Å². The van der Waals surface area contributed by atoms with Crippen LogP contribution in [0.25, 0.3) is 6.08 Å². The molecular weight excluding hydrogens is 1090 g/mol. The van der Waals surface area contributed by atoms with Crippen LogP contribution in [0.5, 0.6) is 0 Å². The number of rotatable bonds is 17. The molecule has 4 saturated heterocycles. The number of hydrogen-bond donors (Lipinski definition) is 5. The summed E-state index contributed by atoms with van der Waals surface area (Å²) >= 11 is 0. The van der Waals surface area contributed by atoms with E-state index in [1.54, 1.807) is 60.3 Å². The SMILES string of the molecule is CO[C@H]1C[C@H](O[C@H]2[C@@H](O)C[C@H](O[C@H]3CC[C@@]4(C)C(=CC[C@]5(O)[C@@H]4C[C@@H](OC(=O)/C=C/c4ccccc4)[C@@]4(C)[C@]5(O)CC[C@@]4(O)[C@H](C)OC(=O)c4cccnc4)C3)O[C@@H]2C)O[C@@H](C)[C@H]1O[C@H]1C[C@H](OC)[C@H](O[C@H]2C[C@@H](OC)[C@@H](O)[C@H](C)O2)[C@@H](C)O1. The number of nitrogens with zero attached hydrogens (tertiary/aromatic N) is 1. The first kappa shape index (κ1) is 63.2. The number of aliphatic hydroxyl groups is 5. The molecule has 4 aliphatic heterocycles. The first-order valence-corrected chi connectivity index (χ1v) is 30.1. The Morgan fingerprint density at radius 3 is 1.88 bits per heavy atom. The van der Waals surface area contributed by atoms with Crippen molar-refractivity contribution in [3.8, 4) is 0 Å². The number of aromatic nitrogens is 1. The second kappa shape index (κ2) is 25.3. The number of pyridine rings is 1. The molecule has 5 heterocycles. The third kappa shape index (κ3) is 11.7. The van der Waals surface area contributed by atoms with E-state index in [4.69, 9.17) is 61.6 Å². The molecule has 4 aliphatic carbocycles. The third-order valence-corrected chi connectivity index (χ3v) is 20.6. The van der Waals surface area contributed by atoms with E-state index in [2.05, 4.69) is 11.9 Å². The van der Waals surface area contributed by atoms with Gasteiger partial charge < -0.3 is 87.1 Å². The van der Waals surface area contributed by atoms with Crippen LogP contribution in [0.2, 0.25) is 0 Å². The number of esters is 2. The van der Waals surface area contributed by atoms with Gasteiger partial charge in [-0.1, -0.05) is 55.8 Å². The Labute approximate surface area is 492 Å². The number of aliphatic hydroxyl groups excluding tert-OH is 2. The molecule has 7 fully saturated rings. The van der Waals surface area contributed by atoms with Gasteiger partial charge in [-0.15, -0.1) is 0 Å². The number of methoxy groups -OCH3 is 3. The van der Waals surface area contributed by atoms with Crippen molar-refractivity contribution in [3.63, 3.8) is 0 Å². The van der Waals surface area contributed by atoms with Gasteiger partial charge in [-0.3, -0.25) is 4.98 Å². The summed E-state index contributed by atoms with van der Waals surface area (Å²) in [6.45, 7) is 12.7. The zero-order valence-electron chi connectivity index (χ0n) is 50.1. The lowest BCUT2D eigenvalue weighted by Crippen LogP contribution is -2.78. The molecule has 10 rings (SSSR count). The van der Waals surface area contributed by atoms with Gasteiger partial charge in [0.1, 0.15) is 53.4 Å². The molecule has 0 unspecified atom stereocenters. The fraction of sp³-hybridized carbons (Fsp3) is 0.730. The van der Waals surface area contributed by atoms with Crippen molar-refractivity contribution in [1.29, 1.82) is 0 Å². The van der Waals surface area contributed by atoms with Crippen LogP contribution in [0.15, 0.2) is 72.6 Å². The van der Waals surface area contributed by atoms with Gasteiger partial charge in [-0.25, -0.2) is 9.59 Å². The molecule has 5 N–H and O–H groups in total. The highest BCUT2D eigenvalue weighted by molar-refractivity contribution is 5.89. The zero-order valence-corrected chi connectivity index (χ0v) is 50.1. The van der Waals surface area contributed by atoms with Gasteiger partial charge in [0.05, 0.1) is 65.9 Å². The van der Waals surface area contributed by atoms with Gasteiger partial charge >= 0.3 is 11.9 Å². The van der Waals surface area contributed by atoms with Crippen molar-refractivity contribution in [2.24, 2.45) is 16.7 Å². The Hall–Kier alpha value is -3.85. The van der Waals surface area contributed by atoms with E-state index < -0.39 is 156 Å². The maximum absolute atomic E-state index is 13.9. The first-order valence-electron chi connectivity index (χ1n) is 30.1. The Kier molecular flexibility index (Phi) is 19.0. The van der Waals surface area contributed by atoms with Crippen LogP contribution in [0.3, 0.4) is 0 Å². The summed E-state index contributed by atoms with van der Waals surface area (Å²) in [7, 11) is 4.78. The van der Waals surface area contributed by atoms with E-state index >= 15 is 0 Å². The second-order valence-corrected chi connectivity index (χ2v) is 25.2. The predicted molar refractivity (Wildman–Crippen MR) is 299 cm³/mol. The van der Waals surface area contributed by atoms with Crippen LogP contribution in [0, 0.1) is 16.7 Å². The van der Waals surface area contributed by atoms with Gasteiger partial charge in [-0.2, -0.15) is 0 Å². The molecule has 0 spiro atoms. The lowest BCUT2D eigenvalue weighted by Gasteiger charge is -2.67. The van der Waals surface area contributed by atoms with Crippen molar-refractivity contribution in [1.82, 2.24) is 4.98 Å². The van der Waals surface area contributed by atoms with Crippen LogP contribution >= 0.6 is 0 Å². The monoisotopic (exact) mass is 1180 g/mol. The molecule has 466 valence electrons. The second-order valence-electron chi connectivity index (χ2n) is 25.2.